The van der Waals surface area contributed by atoms with E-state index in [-0.39, 0.29) is 0 Å². The van der Waals surface area contributed by atoms with Crippen molar-refractivity contribution in [3.05, 3.63) is 12.2 Å². The molecular weight excluding hydrogens is 248 g/mol. The zero-order valence-electron chi connectivity index (χ0n) is 13.3. The molecule has 0 aliphatic heterocycles. The van der Waals surface area contributed by atoms with E-state index in [9.17, 15) is 0 Å². The first kappa shape index (κ1) is 15.5. The normalized spacial score (nSPS) is 23.4. The highest BCUT2D eigenvalue weighted by molar-refractivity contribution is 4.93. The number of hydrogen-bond acceptors (Lipinski definition) is 3. The van der Waals surface area contributed by atoms with Gasteiger partial charge >= 0.3 is 0 Å². The third-order valence-corrected chi connectivity index (χ3v) is 4.24. The summed E-state index contributed by atoms with van der Waals surface area (Å²) in [6.45, 7) is 8.83. The lowest BCUT2D eigenvalue weighted by Crippen LogP contribution is -2.40. The summed E-state index contributed by atoms with van der Waals surface area (Å²) in [5.41, 5.74) is 0. The fourth-order valence-electron chi connectivity index (χ4n) is 3.23. The van der Waals surface area contributed by atoms with E-state index < -0.39 is 0 Å². The molecule has 20 heavy (non-hydrogen) atoms. The highest BCUT2D eigenvalue weighted by atomic mass is 15.3. The molecule has 2 atom stereocenters. The molecule has 2 rings (SSSR count). The maximum absolute atomic E-state index is 4.50. The molecule has 4 heteroatoms. The molecule has 1 aromatic heterocycles. The van der Waals surface area contributed by atoms with E-state index in [1.807, 2.05) is 0 Å². The van der Waals surface area contributed by atoms with E-state index in [0.717, 1.165) is 25.4 Å². The van der Waals surface area contributed by atoms with Crippen molar-refractivity contribution in [2.75, 3.05) is 6.54 Å². The van der Waals surface area contributed by atoms with Crippen molar-refractivity contribution in [2.24, 2.45) is 11.8 Å². The lowest BCUT2D eigenvalue weighted by molar-refractivity contribution is 0.254. The van der Waals surface area contributed by atoms with Crippen LogP contribution in [-0.2, 0) is 13.0 Å². The van der Waals surface area contributed by atoms with Gasteiger partial charge in [-0.2, -0.15) is 5.10 Å². The number of nitrogens with zero attached hydrogens (tertiary/aromatic N) is 3. The lowest BCUT2D eigenvalue weighted by atomic mass is 9.82. The number of rotatable bonds is 7. The molecule has 114 valence electrons. The van der Waals surface area contributed by atoms with E-state index in [1.165, 1.54) is 37.9 Å². The maximum atomic E-state index is 4.50. The van der Waals surface area contributed by atoms with E-state index in [2.05, 4.69) is 40.9 Å². The Bertz CT molecular complexity index is 386. The zero-order chi connectivity index (χ0) is 14.4. The zero-order valence-corrected chi connectivity index (χ0v) is 13.3. The second kappa shape index (κ2) is 7.77. The van der Waals surface area contributed by atoms with Crippen LogP contribution in [0.4, 0.5) is 0 Å². The first-order valence-corrected chi connectivity index (χ1v) is 8.30. The summed E-state index contributed by atoms with van der Waals surface area (Å²) in [5, 5.41) is 8.13. The molecule has 1 N–H and O–H groups in total. The highest BCUT2D eigenvalue weighted by Crippen LogP contribution is 2.27. The van der Waals surface area contributed by atoms with Gasteiger partial charge in [-0.15, -0.1) is 0 Å². The molecule has 0 spiro atoms. The fourth-order valence-corrected chi connectivity index (χ4v) is 3.23. The first-order chi connectivity index (χ1) is 9.70. The van der Waals surface area contributed by atoms with Crippen LogP contribution in [0, 0.1) is 11.8 Å². The Kier molecular flexibility index (Phi) is 6.02. The summed E-state index contributed by atoms with van der Waals surface area (Å²) >= 11 is 0. The van der Waals surface area contributed by atoms with Crippen molar-refractivity contribution >= 4 is 0 Å². The molecule has 1 aliphatic carbocycles. The third kappa shape index (κ3) is 4.30. The van der Waals surface area contributed by atoms with Crippen LogP contribution in [0.25, 0.3) is 0 Å². The molecule has 2 unspecified atom stereocenters. The van der Waals surface area contributed by atoms with Gasteiger partial charge in [0.25, 0.3) is 0 Å². The average molecular weight is 278 g/mol. The van der Waals surface area contributed by atoms with Gasteiger partial charge in [0.1, 0.15) is 12.2 Å². The minimum absolute atomic E-state index is 0.621. The standard InChI is InChI=1S/C16H30N4/c1-4-9-17-15-8-6-5-7-14(15)10-16-18-12-19-20(16)11-13(2)3/h12-15,17H,4-11H2,1-3H3. The first-order valence-electron chi connectivity index (χ1n) is 8.30. The molecule has 0 aromatic carbocycles. The molecule has 0 radical (unpaired) electrons. The largest absolute Gasteiger partial charge is 0.314 e. The van der Waals surface area contributed by atoms with E-state index in [4.69, 9.17) is 0 Å². The number of hydrogen-bond donors (Lipinski definition) is 1. The highest BCUT2D eigenvalue weighted by Gasteiger charge is 2.26. The lowest BCUT2D eigenvalue weighted by Gasteiger charge is -2.32. The van der Waals surface area contributed by atoms with E-state index in [1.54, 1.807) is 6.33 Å². The van der Waals surface area contributed by atoms with Crippen LogP contribution in [0.1, 0.15) is 58.7 Å². The van der Waals surface area contributed by atoms with Crippen molar-refractivity contribution in [2.45, 2.75) is 71.9 Å². The second-order valence-electron chi connectivity index (χ2n) is 6.56. The fraction of sp³-hybridized carbons (Fsp3) is 0.875. The van der Waals surface area contributed by atoms with Crippen LogP contribution in [0.2, 0.25) is 0 Å². The van der Waals surface area contributed by atoms with Crippen molar-refractivity contribution in [3.8, 4) is 0 Å². The van der Waals surface area contributed by atoms with Gasteiger partial charge in [0.15, 0.2) is 0 Å². The van der Waals surface area contributed by atoms with Gasteiger partial charge in [0.2, 0.25) is 0 Å². The summed E-state index contributed by atoms with van der Waals surface area (Å²) in [7, 11) is 0. The SMILES string of the molecule is CCCNC1CCCCC1Cc1ncnn1CC(C)C. The summed E-state index contributed by atoms with van der Waals surface area (Å²) in [4.78, 5) is 4.50. The minimum atomic E-state index is 0.621. The van der Waals surface area contributed by atoms with Crippen molar-refractivity contribution < 1.29 is 0 Å². The molecule has 1 aromatic rings. The molecular formula is C16H30N4. The van der Waals surface area contributed by atoms with Crippen molar-refractivity contribution in [1.29, 1.82) is 0 Å². The Labute approximate surface area is 123 Å². The predicted molar refractivity (Wildman–Crippen MR) is 82.6 cm³/mol. The predicted octanol–water partition coefficient (Wildman–Crippen LogP) is 3.04. The Hall–Kier alpha value is -0.900. The summed E-state index contributed by atoms with van der Waals surface area (Å²) in [5.74, 6) is 2.52. The molecule has 0 bridgehead atoms. The summed E-state index contributed by atoms with van der Waals surface area (Å²) in [6, 6.07) is 0.674. The molecule has 1 aliphatic rings. The van der Waals surface area contributed by atoms with Gasteiger partial charge in [-0.1, -0.05) is 33.6 Å². The van der Waals surface area contributed by atoms with Gasteiger partial charge in [0, 0.05) is 19.0 Å². The maximum Gasteiger partial charge on any atom is 0.138 e. The quantitative estimate of drug-likeness (QED) is 0.833. The Balaban J connectivity index is 1.97. The van der Waals surface area contributed by atoms with Gasteiger partial charge in [-0.25, -0.2) is 9.67 Å². The van der Waals surface area contributed by atoms with Crippen LogP contribution in [0.5, 0.6) is 0 Å². The van der Waals surface area contributed by atoms with Crippen LogP contribution < -0.4 is 5.32 Å². The Morgan fingerprint density at radius 2 is 2.15 bits per heavy atom. The van der Waals surface area contributed by atoms with Crippen LogP contribution >= 0.6 is 0 Å². The minimum Gasteiger partial charge on any atom is -0.314 e. The average Bonchev–Trinajstić information content (AvgIpc) is 2.84. The molecule has 0 saturated heterocycles. The molecule has 1 fully saturated rings. The van der Waals surface area contributed by atoms with E-state index in [0.29, 0.717) is 12.0 Å². The van der Waals surface area contributed by atoms with Crippen molar-refractivity contribution in [3.63, 3.8) is 0 Å². The number of nitrogens with one attached hydrogen (secondary N) is 1. The second-order valence-corrected chi connectivity index (χ2v) is 6.56. The van der Waals surface area contributed by atoms with Gasteiger partial charge in [-0.05, 0) is 37.6 Å². The van der Waals surface area contributed by atoms with Gasteiger partial charge < -0.3 is 5.32 Å². The van der Waals surface area contributed by atoms with E-state index >= 15 is 0 Å². The molecule has 1 saturated carbocycles. The van der Waals surface area contributed by atoms with Crippen LogP contribution in [0.15, 0.2) is 6.33 Å². The summed E-state index contributed by atoms with van der Waals surface area (Å²) < 4.78 is 2.11. The number of aromatic nitrogens is 3. The summed E-state index contributed by atoms with van der Waals surface area (Å²) in [6.07, 6.45) is 9.40. The molecule has 0 amide bonds. The Morgan fingerprint density at radius 1 is 1.35 bits per heavy atom. The topological polar surface area (TPSA) is 42.7 Å². The van der Waals surface area contributed by atoms with Crippen LogP contribution in [-0.4, -0.2) is 27.4 Å². The third-order valence-electron chi connectivity index (χ3n) is 4.24. The van der Waals surface area contributed by atoms with Gasteiger partial charge in [-0.3, -0.25) is 0 Å². The Morgan fingerprint density at radius 3 is 2.90 bits per heavy atom. The molecule has 4 nitrogen and oxygen atoms in total. The van der Waals surface area contributed by atoms with Gasteiger partial charge in [0.05, 0.1) is 0 Å². The smallest absolute Gasteiger partial charge is 0.138 e. The monoisotopic (exact) mass is 278 g/mol. The molecule has 1 heterocycles. The van der Waals surface area contributed by atoms with Crippen LogP contribution in [0.3, 0.4) is 0 Å². The van der Waals surface area contributed by atoms with Crippen molar-refractivity contribution in [1.82, 2.24) is 20.1 Å².